The van der Waals surface area contributed by atoms with Crippen molar-refractivity contribution in [3.05, 3.63) is 24.0 Å². The highest BCUT2D eigenvalue weighted by Gasteiger charge is 2.27. The zero-order valence-corrected chi connectivity index (χ0v) is 11.2. The zero-order chi connectivity index (χ0) is 12.7. The second-order valence-corrected chi connectivity index (χ2v) is 5.43. The first-order valence-corrected chi connectivity index (χ1v) is 6.97. The molecule has 0 spiro atoms. The molecule has 0 amide bonds. The molecule has 1 aromatic heterocycles. The van der Waals surface area contributed by atoms with Gasteiger partial charge in [-0.15, -0.1) is 0 Å². The lowest BCUT2D eigenvalue weighted by atomic mass is 9.80. The standard InChI is InChI=1S/C15H21N3/c1-3-15-17-13-9-12(16)7-8-14(13)18(15)10(2)11-5-4-6-11/h7-11H,3-6,16H2,1-2H3. The van der Waals surface area contributed by atoms with Crippen molar-refractivity contribution in [3.8, 4) is 0 Å². The van der Waals surface area contributed by atoms with Crippen molar-refractivity contribution in [2.45, 2.75) is 45.6 Å². The lowest BCUT2D eigenvalue weighted by Crippen LogP contribution is -2.24. The molecule has 1 fully saturated rings. The summed E-state index contributed by atoms with van der Waals surface area (Å²) in [6, 6.07) is 6.64. The van der Waals surface area contributed by atoms with Gasteiger partial charge in [-0.1, -0.05) is 13.3 Å². The number of hydrogen-bond donors (Lipinski definition) is 1. The molecule has 96 valence electrons. The van der Waals surface area contributed by atoms with E-state index in [-0.39, 0.29) is 0 Å². The van der Waals surface area contributed by atoms with E-state index in [1.54, 1.807) is 0 Å². The van der Waals surface area contributed by atoms with Gasteiger partial charge in [0, 0.05) is 18.2 Å². The summed E-state index contributed by atoms with van der Waals surface area (Å²) in [4.78, 5) is 4.74. The summed E-state index contributed by atoms with van der Waals surface area (Å²) in [7, 11) is 0. The number of hydrogen-bond acceptors (Lipinski definition) is 2. The number of rotatable bonds is 3. The van der Waals surface area contributed by atoms with Gasteiger partial charge in [0.2, 0.25) is 0 Å². The predicted molar refractivity (Wildman–Crippen MR) is 75.6 cm³/mol. The molecule has 18 heavy (non-hydrogen) atoms. The lowest BCUT2D eigenvalue weighted by Gasteiger charge is -2.33. The highest BCUT2D eigenvalue weighted by Crippen LogP contribution is 2.38. The molecular weight excluding hydrogens is 222 g/mol. The number of nitrogen functional groups attached to an aromatic ring is 1. The number of fused-ring (bicyclic) bond motifs is 1. The maximum atomic E-state index is 5.85. The molecule has 0 radical (unpaired) electrons. The van der Waals surface area contributed by atoms with Gasteiger partial charge in [-0.05, 0) is 43.9 Å². The quantitative estimate of drug-likeness (QED) is 0.838. The summed E-state index contributed by atoms with van der Waals surface area (Å²) < 4.78 is 2.43. The fraction of sp³-hybridized carbons (Fsp3) is 0.533. The SMILES string of the molecule is CCc1nc2cc(N)ccc2n1C(C)C1CCC1. The molecular formula is C15H21N3. The molecule has 1 atom stereocenters. The van der Waals surface area contributed by atoms with Gasteiger partial charge in [-0.3, -0.25) is 0 Å². The molecule has 1 saturated carbocycles. The van der Waals surface area contributed by atoms with E-state index in [2.05, 4.69) is 24.5 Å². The molecule has 1 aliphatic carbocycles. The fourth-order valence-electron chi connectivity index (χ4n) is 3.00. The van der Waals surface area contributed by atoms with Crippen molar-refractivity contribution in [3.63, 3.8) is 0 Å². The molecule has 3 nitrogen and oxygen atoms in total. The summed E-state index contributed by atoms with van der Waals surface area (Å²) >= 11 is 0. The Morgan fingerprint density at radius 3 is 2.83 bits per heavy atom. The molecule has 1 heterocycles. The maximum Gasteiger partial charge on any atom is 0.109 e. The molecule has 0 bridgehead atoms. The number of aromatic nitrogens is 2. The number of nitrogens with two attached hydrogens (primary N) is 1. The molecule has 3 heteroatoms. The van der Waals surface area contributed by atoms with Crippen LogP contribution in [0.3, 0.4) is 0 Å². The Morgan fingerprint density at radius 1 is 1.44 bits per heavy atom. The minimum Gasteiger partial charge on any atom is -0.399 e. The predicted octanol–water partition coefficient (Wildman–Crippen LogP) is 3.54. The van der Waals surface area contributed by atoms with Crippen LogP contribution >= 0.6 is 0 Å². The number of nitrogens with zero attached hydrogens (tertiary/aromatic N) is 2. The molecule has 1 aromatic carbocycles. The summed E-state index contributed by atoms with van der Waals surface area (Å²) in [5.41, 5.74) is 8.92. The van der Waals surface area contributed by atoms with Crippen LogP contribution in [0, 0.1) is 5.92 Å². The third kappa shape index (κ3) is 1.69. The van der Waals surface area contributed by atoms with Crippen LogP contribution in [0.15, 0.2) is 18.2 Å². The van der Waals surface area contributed by atoms with Crippen LogP contribution in [0.2, 0.25) is 0 Å². The average Bonchev–Trinajstić information content (AvgIpc) is 2.63. The van der Waals surface area contributed by atoms with Crippen LogP contribution in [0.1, 0.15) is 45.0 Å². The summed E-state index contributed by atoms with van der Waals surface area (Å²) in [6.45, 7) is 4.51. The Balaban J connectivity index is 2.12. The Kier molecular flexibility index (Phi) is 2.77. The van der Waals surface area contributed by atoms with Gasteiger partial charge >= 0.3 is 0 Å². The third-order valence-electron chi connectivity index (χ3n) is 4.34. The summed E-state index contributed by atoms with van der Waals surface area (Å²) in [5.74, 6) is 2.01. The van der Waals surface area contributed by atoms with Crippen molar-refractivity contribution in [1.82, 2.24) is 9.55 Å². The molecule has 2 N–H and O–H groups in total. The number of aryl methyl sites for hydroxylation is 1. The molecule has 1 aliphatic rings. The lowest BCUT2D eigenvalue weighted by molar-refractivity contribution is 0.223. The Bertz CT molecular complexity index is 566. The first kappa shape index (κ1) is 11.6. The number of imidazole rings is 1. The van der Waals surface area contributed by atoms with Crippen LogP contribution in [-0.4, -0.2) is 9.55 Å². The van der Waals surface area contributed by atoms with Crippen LogP contribution in [0.4, 0.5) is 5.69 Å². The Hall–Kier alpha value is -1.51. The van der Waals surface area contributed by atoms with Crippen LogP contribution in [0.5, 0.6) is 0 Å². The first-order chi connectivity index (χ1) is 8.70. The first-order valence-electron chi connectivity index (χ1n) is 6.97. The average molecular weight is 243 g/mol. The third-order valence-corrected chi connectivity index (χ3v) is 4.34. The molecule has 0 saturated heterocycles. The van der Waals surface area contributed by atoms with Gasteiger partial charge < -0.3 is 10.3 Å². The highest BCUT2D eigenvalue weighted by molar-refractivity contribution is 5.79. The van der Waals surface area contributed by atoms with Crippen molar-refractivity contribution >= 4 is 16.7 Å². The van der Waals surface area contributed by atoms with Gasteiger partial charge in [0.25, 0.3) is 0 Å². The van der Waals surface area contributed by atoms with Gasteiger partial charge in [-0.2, -0.15) is 0 Å². The maximum absolute atomic E-state index is 5.85. The van der Waals surface area contributed by atoms with Gasteiger partial charge in [0.05, 0.1) is 11.0 Å². The van der Waals surface area contributed by atoms with E-state index in [0.717, 1.165) is 23.5 Å². The molecule has 1 unspecified atom stereocenters. The smallest absolute Gasteiger partial charge is 0.109 e. The van der Waals surface area contributed by atoms with E-state index in [0.29, 0.717) is 6.04 Å². The Morgan fingerprint density at radius 2 is 2.22 bits per heavy atom. The van der Waals surface area contributed by atoms with E-state index >= 15 is 0 Å². The molecule has 3 rings (SSSR count). The van der Waals surface area contributed by atoms with E-state index in [1.165, 1.54) is 30.6 Å². The minimum atomic E-state index is 0.558. The van der Waals surface area contributed by atoms with Crippen LogP contribution in [0.25, 0.3) is 11.0 Å². The molecule has 0 aliphatic heterocycles. The summed E-state index contributed by atoms with van der Waals surface area (Å²) in [6.07, 6.45) is 5.08. The number of anilines is 1. The number of benzene rings is 1. The highest BCUT2D eigenvalue weighted by atomic mass is 15.1. The van der Waals surface area contributed by atoms with E-state index in [1.807, 2.05) is 12.1 Å². The minimum absolute atomic E-state index is 0.558. The largest absolute Gasteiger partial charge is 0.399 e. The van der Waals surface area contributed by atoms with Gasteiger partial charge in [-0.25, -0.2) is 4.98 Å². The monoisotopic (exact) mass is 243 g/mol. The topological polar surface area (TPSA) is 43.8 Å². The normalized spacial score (nSPS) is 17.9. The van der Waals surface area contributed by atoms with E-state index < -0.39 is 0 Å². The van der Waals surface area contributed by atoms with E-state index in [4.69, 9.17) is 10.7 Å². The van der Waals surface area contributed by atoms with Crippen LogP contribution in [-0.2, 0) is 6.42 Å². The fourth-order valence-corrected chi connectivity index (χ4v) is 3.00. The van der Waals surface area contributed by atoms with Gasteiger partial charge in [0.15, 0.2) is 0 Å². The van der Waals surface area contributed by atoms with Crippen molar-refractivity contribution in [1.29, 1.82) is 0 Å². The zero-order valence-electron chi connectivity index (χ0n) is 11.2. The van der Waals surface area contributed by atoms with Crippen molar-refractivity contribution in [2.24, 2.45) is 5.92 Å². The van der Waals surface area contributed by atoms with Crippen LogP contribution < -0.4 is 5.73 Å². The van der Waals surface area contributed by atoms with Crippen molar-refractivity contribution < 1.29 is 0 Å². The second-order valence-electron chi connectivity index (χ2n) is 5.43. The Labute approximate surface area is 108 Å². The van der Waals surface area contributed by atoms with Gasteiger partial charge in [0.1, 0.15) is 5.82 Å². The summed E-state index contributed by atoms with van der Waals surface area (Å²) in [5, 5.41) is 0. The molecule has 2 aromatic rings. The van der Waals surface area contributed by atoms with Crippen molar-refractivity contribution in [2.75, 3.05) is 5.73 Å². The van der Waals surface area contributed by atoms with E-state index in [9.17, 15) is 0 Å². The second kappa shape index (κ2) is 4.30.